The van der Waals surface area contributed by atoms with E-state index >= 15 is 0 Å². The van der Waals surface area contributed by atoms with Crippen LogP contribution in [0.2, 0.25) is 0 Å². The van der Waals surface area contributed by atoms with Crippen molar-refractivity contribution in [3.05, 3.63) is 35.9 Å². The second-order valence-electron chi connectivity index (χ2n) is 7.22. The number of anilines is 1. The topological polar surface area (TPSA) is 118 Å². The molecule has 0 bridgehead atoms. The Hall–Kier alpha value is -2.98. The summed E-state index contributed by atoms with van der Waals surface area (Å²) in [5.74, 6) is 0.734. The second-order valence-corrected chi connectivity index (χ2v) is 8.61. The fourth-order valence-electron chi connectivity index (χ4n) is 3.23. The lowest BCUT2D eigenvalue weighted by Gasteiger charge is -2.24. The summed E-state index contributed by atoms with van der Waals surface area (Å²) in [6, 6.07) is 8.40. The molecule has 3 rings (SSSR count). The maximum atomic E-state index is 12.0. The van der Waals surface area contributed by atoms with Gasteiger partial charge in [-0.1, -0.05) is 25.0 Å². The molecule has 0 saturated heterocycles. The number of ether oxygens (including phenoxy) is 1. The van der Waals surface area contributed by atoms with E-state index in [4.69, 9.17) is 9.15 Å². The largest absolute Gasteiger partial charge is 0.495 e. The molecule has 31 heavy (non-hydrogen) atoms. The summed E-state index contributed by atoms with van der Waals surface area (Å²) >= 11 is 0. The Labute approximate surface area is 181 Å². The predicted octanol–water partition coefficient (Wildman–Crippen LogP) is 5.47. The normalized spacial score (nSPS) is 12.2. The third kappa shape index (κ3) is 4.86. The van der Waals surface area contributed by atoms with Crippen LogP contribution in [0.3, 0.4) is 0 Å². The van der Waals surface area contributed by atoms with Gasteiger partial charge in [-0.2, -0.15) is 13.4 Å². The number of nitrogens with zero attached hydrogens (tertiary/aromatic N) is 4. The molecule has 0 spiro atoms. The molecule has 0 amide bonds. The minimum absolute atomic E-state index is 0.0241. The molecule has 1 heterocycles. The van der Waals surface area contributed by atoms with E-state index in [0.29, 0.717) is 41.5 Å². The van der Waals surface area contributed by atoms with Gasteiger partial charge in [0.15, 0.2) is 5.58 Å². The summed E-state index contributed by atoms with van der Waals surface area (Å²) in [6.45, 7) is 9.26. The van der Waals surface area contributed by atoms with Gasteiger partial charge in [-0.25, -0.2) is 0 Å². The first kappa shape index (κ1) is 22.7. The van der Waals surface area contributed by atoms with Crippen molar-refractivity contribution >= 4 is 38.6 Å². The van der Waals surface area contributed by atoms with Crippen molar-refractivity contribution in [2.24, 2.45) is 10.2 Å². The van der Waals surface area contributed by atoms with E-state index in [1.807, 2.05) is 36.9 Å². The van der Waals surface area contributed by atoms with Crippen LogP contribution in [-0.4, -0.2) is 38.2 Å². The molecular weight excluding hydrogens is 420 g/mol. The van der Waals surface area contributed by atoms with E-state index in [1.165, 1.54) is 19.2 Å². The molecule has 166 valence electrons. The van der Waals surface area contributed by atoms with E-state index in [1.54, 1.807) is 0 Å². The maximum Gasteiger partial charge on any atom is 0.341 e. The van der Waals surface area contributed by atoms with Crippen LogP contribution in [0.15, 0.2) is 49.9 Å². The van der Waals surface area contributed by atoms with Gasteiger partial charge < -0.3 is 14.1 Å². The third-order valence-corrected chi connectivity index (χ3v) is 5.84. The van der Waals surface area contributed by atoms with Crippen LogP contribution < -0.4 is 9.64 Å². The van der Waals surface area contributed by atoms with E-state index in [2.05, 4.69) is 29.1 Å². The molecule has 0 aliphatic heterocycles. The van der Waals surface area contributed by atoms with Crippen molar-refractivity contribution in [2.75, 3.05) is 25.1 Å². The van der Waals surface area contributed by atoms with E-state index < -0.39 is 10.1 Å². The highest BCUT2D eigenvalue weighted by Gasteiger charge is 2.22. The maximum absolute atomic E-state index is 12.0. The number of oxazole rings is 1. The molecule has 9 nitrogen and oxygen atoms in total. The van der Waals surface area contributed by atoms with Crippen LogP contribution >= 0.6 is 0 Å². The average Bonchev–Trinajstić information content (AvgIpc) is 3.14. The Bertz CT molecular complexity index is 1210. The highest BCUT2D eigenvalue weighted by atomic mass is 32.2. The van der Waals surface area contributed by atoms with E-state index in [9.17, 15) is 13.0 Å². The average molecular weight is 447 g/mol. The zero-order valence-corrected chi connectivity index (χ0v) is 19.0. The molecule has 1 aromatic heterocycles. The van der Waals surface area contributed by atoms with Crippen molar-refractivity contribution in [3.63, 3.8) is 0 Å². The van der Waals surface area contributed by atoms with Crippen molar-refractivity contribution in [1.29, 1.82) is 0 Å². The van der Waals surface area contributed by atoms with Crippen LogP contribution in [0, 0.1) is 0 Å². The molecule has 0 saturated carbocycles. The second kappa shape index (κ2) is 9.03. The Morgan fingerprint density at radius 1 is 1.16 bits per heavy atom. The van der Waals surface area contributed by atoms with Gasteiger partial charge in [-0.15, -0.1) is 5.11 Å². The van der Waals surface area contributed by atoms with Gasteiger partial charge in [-0.3, -0.25) is 4.55 Å². The summed E-state index contributed by atoms with van der Waals surface area (Å²) in [6.07, 6.45) is 0. The number of fused-ring (bicyclic) bond motifs is 1. The summed E-state index contributed by atoms with van der Waals surface area (Å²) in [5, 5.41) is 7.94. The van der Waals surface area contributed by atoms with Crippen molar-refractivity contribution in [3.8, 4) is 5.75 Å². The zero-order valence-electron chi connectivity index (χ0n) is 18.2. The molecule has 3 aromatic rings. The molecule has 2 aromatic carbocycles. The van der Waals surface area contributed by atoms with Crippen LogP contribution in [0.4, 0.5) is 17.4 Å². The molecule has 0 aliphatic rings. The van der Waals surface area contributed by atoms with Crippen LogP contribution in [-0.2, 0) is 10.1 Å². The standard InChI is InChI=1S/C21H26N4O5S/c1-6-25(7-2)17-12-20(31(26,27)28)16(11-19(17)29-5)23-24-21-22-15-9-8-14(13(3)4)10-18(15)30-21/h8-13H,6-7H2,1-5H3,(H,26,27,28). The summed E-state index contributed by atoms with van der Waals surface area (Å²) in [7, 11) is -3.09. The van der Waals surface area contributed by atoms with Gasteiger partial charge in [0.05, 0.1) is 12.8 Å². The Kier molecular flexibility index (Phi) is 6.61. The van der Waals surface area contributed by atoms with Gasteiger partial charge in [0, 0.05) is 19.2 Å². The molecule has 0 aliphatic carbocycles. The highest BCUT2D eigenvalue weighted by molar-refractivity contribution is 7.86. The number of hydrogen-bond donors (Lipinski definition) is 1. The SMILES string of the molecule is CCN(CC)c1cc(S(=O)(=O)O)c(N=Nc2nc3ccc(C(C)C)cc3o2)cc1OC. The van der Waals surface area contributed by atoms with Crippen molar-refractivity contribution in [2.45, 2.75) is 38.5 Å². The van der Waals surface area contributed by atoms with Crippen molar-refractivity contribution < 1.29 is 22.1 Å². The predicted molar refractivity (Wildman–Crippen MR) is 119 cm³/mol. The summed E-state index contributed by atoms with van der Waals surface area (Å²) < 4.78 is 44.8. The molecule has 0 atom stereocenters. The van der Waals surface area contributed by atoms with Crippen LogP contribution in [0.25, 0.3) is 11.1 Å². The molecule has 10 heteroatoms. The number of benzene rings is 2. The fraction of sp³-hybridized carbons (Fsp3) is 0.381. The van der Waals surface area contributed by atoms with Gasteiger partial charge in [0.2, 0.25) is 0 Å². The van der Waals surface area contributed by atoms with Crippen LogP contribution in [0.1, 0.15) is 39.2 Å². The molecule has 0 fully saturated rings. The number of hydrogen-bond acceptors (Lipinski definition) is 8. The fourth-order valence-corrected chi connectivity index (χ4v) is 3.85. The smallest absolute Gasteiger partial charge is 0.341 e. The first-order chi connectivity index (χ1) is 14.7. The lowest BCUT2D eigenvalue weighted by Crippen LogP contribution is -2.22. The first-order valence-corrected chi connectivity index (χ1v) is 11.4. The monoisotopic (exact) mass is 446 g/mol. The number of aromatic nitrogens is 1. The molecular formula is C21H26N4O5S. The summed E-state index contributed by atoms with van der Waals surface area (Å²) in [4.78, 5) is 5.78. The van der Waals surface area contributed by atoms with Gasteiger partial charge in [0.1, 0.15) is 21.8 Å². The number of azo groups is 1. The molecule has 1 N–H and O–H groups in total. The highest BCUT2D eigenvalue weighted by Crippen LogP contribution is 2.38. The lowest BCUT2D eigenvalue weighted by molar-refractivity contribution is 0.414. The van der Waals surface area contributed by atoms with E-state index in [0.717, 1.165) is 5.56 Å². The molecule has 0 unspecified atom stereocenters. The lowest BCUT2D eigenvalue weighted by atomic mass is 10.0. The quantitative estimate of drug-likeness (QED) is 0.360. The van der Waals surface area contributed by atoms with Gasteiger partial charge >= 0.3 is 6.01 Å². The Morgan fingerprint density at radius 2 is 1.87 bits per heavy atom. The van der Waals surface area contributed by atoms with E-state index in [-0.39, 0.29) is 16.6 Å². The van der Waals surface area contributed by atoms with Gasteiger partial charge in [0.25, 0.3) is 10.1 Å². The number of methoxy groups -OCH3 is 1. The minimum atomic E-state index is -4.56. The van der Waals surface area contributed by atoms with Crippen LogP contribution in [0.5, 0.6) is 5.75 Å². The Balaban J connectivity index is 2.07. The zero-order chi connectivity index (χ0) is 22.8. The first-order valence-electron chi connectivity index (χ1n) is 9.94. The van der Waals surface area contributed by atoms with Crippen molar-refractivity contribution in [1.82, 2.24) is 4.98 Å². The number of rotatable bonds is 8. The van der Waals surface area contributed by atoms with Gasteiger partial charge in [-0.05, 0) is 43.5 Å². The Morgan fingerprint density at radius 3 is 2.45 bits per heavy atom. The summed E-state index contributed by atoms with van der Waals surface area (Å²) in [5.41, 5.74) is 2.72. The third-order valence-electron chi connectivity index (χ3n) is 4.95. The minimum Gasteiger partial charge on any atom is -0.495 e. The molecule has 0 radical (unpaired) electrons.